The predicted molar refractivity (Wildman–Crippen MR) is 127 cm³/mol. The first-order valence-corrected chi connectivity index (χ1v) is 11.3. The van der Waals surface area contributed by atoms with E-state index in [1.54, 1.807) is 0 Å². The third-order valence-corrected chi connectivity index (χ3v) is 6.18. The molecule has 0 radical (unpaired) electrons. The molecule has 3 aromatic carbocycles. The maximum atomic E-state index is 5.65. The fraction of sp³-hybridized carbons (Fsp3) is 0.296. The van der Waals surface area contributed by atoms with Crippen molar-refractivity contribution in [2.24, 2.45) is 5.10 Å². The maximum absolute atomic E-state index is 5.65. The third-order valence-electron chi connectivity index (χ3n) is 6.18. The van der Waals surface area contributed by atoms with Gasteiger partial charge in [-0.2, -0.15) is 5.10 Å². The van der Waals surface area contributed by atoms with Gasteiger partial charge in [-0.3, -0.25) is 9.91 Å². The van der Waals surface area contributed by atoms with Crippen LogP contribution in [0.2, 0.25) is 0 Å². The fourth-order valence-electron chi connectivity index (χ4n) is 4.63. The topological polar surface area (TPSA) is 28.1 Å². The minimum Gasteiger partial charge on any atom is -0.494 e. The molecule has 0 atom stereocenters. The van der Waals surface area contributed by atoms with Crippen molar-refractivity contribution in [2.75, 3.05) is 32.8 Å². The van der Waals surface area contributed by atoms with Gasteiger partial charge < -0.3 is 4.74 Å². The van der Waals surface area contributed by atoms with Crippen LogP contribution in [-0.4, -0.2) is 48.9 Å². The Bertz CT molecular complexity index is 1010. The quantitative estimate of drug-likeness (QED) is 0.522. The summed E-state index contributed by atoms with van der Waals surface area (Å²) in [6.07, 6.45) is 2.98. The van der Waals surface area contributed by atoms with Crippen LogP contribution in [0.4, 0.5) is 0 Å². The highest BCUT2D eigenvalue weighted by Crippen LogP contribution is 2.46. The van der Waals surface area contributed by atoms with Crippen LogP contribution < -0.4 is 4.74 Å². The van der Waals surface area contributed by atoms with Gasteiger partial charge in [-0.1, -0.05) is 55.5 Å². The molecule has 158 valence electrons. The second-order valence-corrected chi connectivity index (χ2v) is 8.23. The van der Waals surface area contributed by atoms with E-state index in [0.717, 1.165) is 50.5 Å². The summed E-state index contributed by atoms with van der Waals surface area (Å²) in [7, 11) is 0. The first-order chi connectivity index (χ1) is 15.3. The zero-order chi connectivity index (χ0) is 21.0. The van der Waals surface area contributed by atoms with Crippen LogP contribution in [0.5, 0.6) is 5.75 Å². The maximum Gasteiger partial charge on any atom is 0.119 e. The zero-order valence-electron chi connectivity index (χ0n) is 18.1. The summed E-state index contributed by atoms with van der Waals surface area (Å²) in [5.74, 6) is 0.921. The highest BCUT2D eigenvalue weighted by molar-refractivity contribution is 5.79. The van der Waals surface area contributed by atoms with E-state index >= 15 is 0 Å². The van der Waals surface area contributed by atoms with Crippen LogP contribution in [0.15, 0.2) is 77.9 Å². The lowest BCUT2D eigenvalue weighted by Crippen LogP contribution is -2.45. The number of fused-ring (bicyclic) bond motifs is 3. The summed E-state index contributed by atoms with van der Waals surface area (Å²) in [5, 5.41) is 6.92. The Hall–Kier alpha value is -3.11. The Labute approximate surface area is 184 Å². The lowest BCUT2D eigenvalue weighted by molar-refractivity contribution is 0.114. The Morgan fingerprint density at radius 1 is 0.839 bits per heavy atom. The van der Waals surface area contributed by atoms with E-state index in [1.165, 1.54) is 22.3 Å². The van der Waals surface area contributed by atoms with Gasteiger partial charge in [0.25, 0.3) is 0 Å². The van der Waals surface area contributed by atoms with E-state index in [4.69, 9.17) is 9.84 Å². The molecule has 1 aliphatic carbocycles. The number of hydrogen-bond donors (Lipinski definition) is 0. The summed E-state index contributed by atoms with van der Waals surface area (Å²) in [6, 6.07) is 26.2. The summed E-state index contributed by atoms with van der Waals surface area (Å²) in [5.41, 5.74) is 6.74. The van der Waals surface area contributed by atoms with Crippen LogP contribution in [0.1, 0.15) is 36.1 Å². The number of piperazine rings is 1. The SMILES string of the molecule is CCCOc1ccc(/C=N\N2CCN(C3c4ccccc4-c4ccccc43)CC2)cc1. The Morgan fingerprint density at radius 3 is 2.06 bits per heavy atom. The van der Waals surface area contributed by atoms with Crippen LogP contribution in [-0.2, 0) is 0 Å². The molecule has 0 N–H and O–H groups in total. The van der Waals surface area contributed by atoms with Crippen molar-refractivity contribution >= 4 is 6.21 Å². The molecular formula is C27H29N3O. The van der Waals surface area contributed by atoms with Crippen LogP contribution in [0, 0.1) is 0 Å². The average molecular weight is 412 g/mol. The second-order valence-electron chi connectivity index (χ2n) is 8.23. The highest BCUT2D eigenvalue weighted by Gasteiger charge is 2.33. The van der Waals surface area contributed by atoms with Gasteiger partial charge in [-0.05, 0) is 58.5 Å². The third kappa shape index (κ3) is 4.08. The number of nitrogens with zero attached hydrogens (tertiary/aromatic N) is 3. The Kier molecular flexibility index (Phi) is 5.72. The molecule has 1 fully saturated rings. The molecule has 4 nitrogen and oxygen atoms in total. The first-order valence-electron chi connectivity index (χ1n) is 11.3. The molecule has 5 rings (SSSR count). The van der Waals surface area contributed by atoms with E-state index < -0.39 is 0 Å². The molecule has 1 saturated heterocycles. The number of ether oxygens (including phenoxy) is 1. The molecule has 4 heteroatoms. The number of rotatable bonds is 6. The largest absolute Gasteiger partial charge is 0.494 e. The number of hydrogen-bond acceptors (Lipinski definition) is 4. The normalized spacial score (nSPS) is 16.5. The molecule has 31 heavy (non-hydrogen) atoms. The molecule has 0 bridgehead atoms. The average Bonchev–Trinajstić information content (AvgIpc) is 3.17. The zero-order valence-corrected chi connectivity index (χ0v) is 18.1. The van der Waals surface area contributed by atoms with Gasteiger partial charge in [-0.15, -0.1) is 0 Å². The van der Waals surface area contributed by atoms with Crippen LogP contribution in [0.3, 0.4) is 0 Å². The van der Waals surface area contributed by atoms with E-state index in [9.17, 15) is 0 Å². The Morgan fingerprint density at radius 2 is 1.45 bits per heavy atom. The van der Waals surface area contributed by atoms with Gasteiger partial charge in [0.15, 0.2) is 0 Å². The lowest BCUT2D eigenvalue weighted by atomic mass is 10.0. The number of benzene rings is 3. The second kappa shape index (κ2) is 8.94. The van der Waals surface area contributed by atoms with E-state index in [-0.39, 0.29) is 0 Å². The Balaban J connectivity index is 1.23. The van der Waals surface area contributed by atoms with E-state index in [2.05, 4.69) is 77.5 Å². The van der Waals surface area contributed by atoms with Crippen molar-refractivity contribution < 1.29 is 4.74 Å². The van der Waals surface area contributed by atoms with E-state index in [1.807, 2.05) is 18.3 Å². The van der Waals surface area contributed by atoms with Gasteiger partial charge in [0.1, 0.15) is 5.75 Å². The molecule has 0 saturated carbocycles. The van der Waals surface area contributed by atoms with Crippen molar-refractivity contribution in [3.63, 3.8) is 0 Å². The molecule has 1 heterocycles. The standard InChI is InChI=1S/C27H29N3O/c1-2-19-31-22-13-11-21(12-14-22)20-28-30-17-15-29(16-18-30)27-25-9-5-3-7-23(25)24-8-4-6-10-26(24)27/h3-14,20,27H,2,15-19H2,1H3/b28-20-. The van der Waals surface area contributed by atoms with Crippen molar-refractivity contribution in [3.8, 4) is 16.9 Å². The van der Waals surface area contributed by atoms with Gasteiger partial charge in [0.05, 0.1) is 18.9 Å². The predicted octanol–water partition coefficient (Wildman–Crippen LogP) is 5.20. The first kappa shape index (κ1) is 19.8. The molecule has 0 amide bonds. The molecule has 2 aliphatic rings. The summed E-state index contributed by atoms with van der Waals surface area (Å²) < 4.78 is 5.65. The molecule has 0 spiro atoms. The van der Waals surface area contributed by atoms with Gasteiger partial charge in [0.2, 0.25) is 0 Å². The minimum absolute atomic E-state index is 0.356. The molecule has 1 aliphatic heterocycles. The van der Waals surface area contributed by atoms with Crippen molar-refractivity contribution in [2.45, 2.75) is 19.4 Å². The molecule has 0 unspecified atom stereocenters. The van der Waals surface area contributed by atoms with Crippen molar-refractivity contribution in [1.82, 2.24) is 9.91 Å². The minimum atomic E-state index is 0.356. The molecule has 3 aromatic rings. The number of hydrazone groups is 1. The van der Waals surface area contributed by atoms with Crippen molar-refractivity contribution in [1.29, 1.82) is 0 Å². The fourth-order valence-corrected chi connectivity index (χ4v) is 4.63. The van der Waals surface area contributed by atoms with Crippen LogP contribution >= 0.6 is 0 Å². The monoisotopic (exact) mass is 411 g/mol. The summed E-state index contributed by atoms with van der Waals surface area (Å²) >= 11 is 0. The van der Waals surface area contributed by atoms with Crippen molar-refractivity contribution in [3.05, 3.63) is 89.5 Å². The van der Waals surface area contributed by atoms with Crippen LogP contribution in [0.25, 0.3) is 11.1 Å². The van der Waals surface area contributed by atoms with Gasteiger partial charge in [-0.25, -0.2) is 0 Å². The summed E-state index contributed by atoms with van der Waals surface area (Å²) in [6.45, 7) is 6.77. The van der Waals surface area contributed by atoms with E-state index in [0.29, 0.717) is 6.04 Å². The molecule has 0 aromatic heterocycles. The summed E-state index contributed by atoms with van der Waals surface area (Å²) in [4.78, 5) is 2.61. The van der Waals surface area contributed by atoms with Gasteiger partial charge in [0, 0.05) is 26.2 Å². The smallest absolute Gasteiger partial charge is 0.119 e. The molecular weight excluding hydrogens is 382 g/mol. The highest BCUT2D eigenvalue weighted by atomic mass is 16.5. The lowest BCUT2D eigenvalue weighted by Gasteiger charge is -2.37. The van der Waals surface area contributed by atoms with Gasteiger partial charge >= 0.3 is 0 Å².